The molecule has 0 aromatic carbocycles. The number of nitrogens with zero attached hydrogens (tertiary/aromatic N) is 2. The van der Waals surface area contributed by atoms with Crippen molar-refractivity contribution in [2.24, 2.45) is 0 Å². The molecule has 1 unspecified atom stereocenters. The fraction of sp³-hybridized carbons (Fsp3) is 0.375. The maximum absolute atomic E-state index is 4.39. The zero-order chi connectivity index (χ0) is 13.6. The van der Waals surface area contributed by atoms with Crippen LogP contribution in [0, 0.1) is 0 Å². The molecular formula is C16H21ClN4. The normalized spacial score (nSPS) is 17.8. The molecule has 2 aromatic rings. The molecule has 1 aliphatic rings. The molecule has 2 N–H and O–H groups in total. The zero-order valence-electron chi connectivity index (χ0n) is 12.0. The zero-order valence-corrected chi connectivity index (χ0v) is 12.8. The Kier molecular flexibility index (Phi) is 5.96. The van der Waals surface area contributed by atoms with E-state index in [1.54, 1.807) is 0 Å². The third-order valence-electron chi connectivity index (χ3n) is 3.73. The minimum absolute atomic E-state index is 0. The van der Waals surface area contributed by atoms with Gasteiger partial charge in [0.1, 0.15) is 5.82 Å². The lowest BCUT2D eigenvalue weighted by Crippen LogP contribution is -2.28. The van der Waals surface area contributed by atoms with Gasteiger partial charge in [-0.25, -0.2) is 4.98 Å². The summed E-state index contributed by atoms with van der Waals surface area (Å²) >= 11 is 0. The van der Waals surface area contributed by atoms with Crippen molar-refractivity contribution in [3.8, 4) is 0 Å². The highest BCUT2D eigenvalue weighted by Gasteiger charge is 2.15. The van der Waals surface area contributed by atoms with Gasteiger partial charge in [-0.3, -0.25) is 4.98 Å². The third kappa shape index (κ3) is 4.41. The van der Waals surface area contributed by atoms with E-state index in [2.05, 4.69) is 32.7 Å². The molecule has 3 heterocycles. The quantitative estimate of drug-likeness (QED) is 0.912. The monoisotopic (exact) mass is 304 g/mol. The second kappa shape index (κ2) is 7.96. The van der Waals surface area contributed by atoms with Crippen LogP contribution in [0.2, 0.25) is 0 Å². The van der Waals surface area contributed by atoms with Crippen molar-refractivity contribution >= 4 is 18.2 Å². The van der Waals surface area contributed by atoms with E-state index >= 15 is 0 Å². The smallest absolute Gasteiger partial charge is 0.126 e. The number of pyridine rings is 2. The molecule has 1 fully saturated rings. The van der Waals surface area contributed by atoms with Crippen LogP contribution >= 0.6 is 12.4 Å². The van der Waals surface area contributed by atoms with E-state index in [9.17, 15) is 0 Å². The summed E-state index contributed by atoms with van der Waals surface area (Å²) in [5.41, 5.74) is 2.40. The highest BCUT2D eigenvalue weighted by atomic mass is 35.5. The number of hydrogen-bond acceptors (Lipinski definition) is 4. The molecule has 1 aliphatic heterocycles. The molecule has 5 heteroatoms. The van der Waals surface area contributed by atoms with Gasteiger partial charge in [-0.2, -0.15) is 0 Å². The Morgan fingerprint density at radius 1 is 1.19 bits per heavy atom. The molecule has 0 amide bonds. The fourth-order valence-electron chi connectivity index (χ4n) is 2.62. The largest absolute Gasteiger partial charge is 0.364 e. The van der Waals surface area contributed by atoms with E-state index < -0.39 is 0 Å². The van der Waals surface area contributed by atoms with E-state index in [0.717, 1.165) is 24.6 Å². The average molecular weight is 305 g/mol. The predicted octanol–water partition coefficient (Wildman–Crippen LogP) is 2.98. The van der Waals surface area contributed by atoms with Crippen LogP contribution in [0.25, 0.3) is 0 Å². The molecule has 0 radical (unpaired) electrons. The summed E-state index contributed by atoms with van der Waals surface area (Å²) < 4.78 is 0. The number of halogens is 1. The maximum Gasteiger partial charge on any atom is 0.126 e. The van der Waals surface area contributed by atoms with Crippen LogP contribution in [0.3, 0.4) is 0 Å². The van der Waals surface area contributed by atoms with Gasteiger partial charge in [-0.15, -0.1) is 12.4 Å². The van der Waals surface area contributed by atoms with Gasteiger partial charge in [0.15, 0.2) is 0 Å². The Hall–Kier alpha value is -1.65. The number of hydrogen-bond donors (Lipinski definition) is 2. The van der Waals surface area contributed by atoms with Crippen LogP contribution in [0.15, 0.2) is 42.7 Å². The molecule has 0 spiro atoms. The van der Waals surface area contributed by atoms with Crippen LogP contribution in [-0.4, -0.2) is 23.1 Å². The first-order chi connectivity index (χ1) is 9.92. The summed E-state index contributed by atoms with van der Waals surface area (Å²) in [5.74, 6) is 1.54. The Bertz CT molecular complexity index is 541. The number of nitrogens with one attached hydrogen (secondary N) is 2. The Balaban J connectivity index is 0.00000161. The Morgan fingerprint density at radius 3 is 2.90 bits per heavy atom. The van der Waals surface area contributed by atoms with Crippen molar-refractivity contribution in [3.63, 3.8) is 0 Å². The summed E-state index contributed by atoms with van der Waals surface area (Å²) in [6.07, 6.45) is 6.22. The standard InChI is InChI=1S/C16H20N4.ClH/c1-2-8-18-15(5-1)12-20-16-10-13(6-9-19-16)14-4-3-7-17-11-14;/h1-2,5-6,8-10,14,17H,3-4,7,11-12H2,(H,19,20);1H. The highest BCUT2D eigenvalue weighted by Crippen LogP contribution is 2.24. The second-order valence-electron chi connectivity index (χ2n) is 5.19. The Morgan fingerprint density at radius 2 is 2.14 bits per heavy atom. The maximum atomic E-state index is 4.39. The Labute approximate surface area is 131 Å². The van der Waals surface area contributed by atoms with Crippen LogP contribution in [-0.2, 0) is 6.54 Å². The highest BCUT2D eigenvalue weighted by molar-refractivity contribution is 5.85. The summed E-state index contributed by atoms with van der Waals surface area (Å²) in [4.78, 5) is 8.70. The van der Waals surface area contributed by atoms with E-state index in [1.807, 2.05) is 30.6 Å². The molecular weight excluding hydrogens is 284 g/mol. The lowest BCUT2D eigenvalue weighted by Gasteiger charge is -2.23. The molecule has 0 bridgehead atoms. The van der Waals surface area contributed by atoms with Gasteiger partial charge in [0, 0.05) is 18.9 Å². The first-order valence-corrected chi connectivity index (χ1v) is 7.22. The van der Waals surface area contributed by atoms with Crippen molar-refractivity contribution in [1.29, 1.82) is 0 Å². The van der Waals surface area contributed by atoms with E-state index in [-0.39, 0.29) is 12.4 Å². The van der Waals surface area contributed by atoms with Crippen LogP contribution in [0.4, 0.5) is 5.82 Å². The summed E-state index contributed by atoms with van der Waals surface area (Å²) in [6, 6.07) is 10.2. The molecule has 21 heavy (non-hydrogen) atoms. The van der Waals surface area contributed by atoms with Gasteiger partial charge in [0.05, 0.1) is 12.2 Å². The van der Waals surface area contributed by atoms with Crippen molar-refractivity contribution < 1.29 is 0 Å². The van der Waals surface area contributed by atoms with Gasteiger partial charge in [0.25, 0.3) is 0 Å². The lowest BCUT2D eigenvalue weighted by atomic mass is 9.92. The molecule has 112 valence electrons. The van der Waals surface area contributed by atoms with Crippen LogP contribution in [0.1, 0.15) is 30.0 Å². The molecule has 2 aromatic heterocycles. The van der Waals surface area contributed by atoms with Gasteiger partial charge < -0.3 is 10.6 Å². The molecule has 0 aliphatic carbocycles. The number of aromatic nitrogens is 2. The van der Waals surface area contributed by atoms with Crippen molar-refractivity contribution in [1.82, 2.24) is 15.3 Å². The van der Waals surface area contributed by atoms with Crippen molar-refractivity contribution in [2.75, 3.05) is 18.4 Å². The topological polar surface area (TPSA) is 49.8 Å². The van der Waals surface area contributed by atoms with Gasteiger partial charge in [-0.1, -0.05) is 6.07 Å². The molecule has 4 nitrogen and oxygen atoms in total. The first-order valence-electron chi connectivity index (χ1n) is 7.22. The van der Waals surface area contributed by atoms with Crippen molar-refractivity contribution in [2.45, 2.75) is 25.3 Å². The summed E-state index contributed by atoms with van der Waals surface area (Å²) in [7, 11) is 0. The van der Waals surface area contributed by atoms with Gasteiger partial charge in [-0.05, 0) is 55.1 Å². The SMILES string of the molecule is Cl.c1ccc(CNc2cc(C3CCCNC3)ccn2)nc1. The lowest BCUT2D eigenvalue weighted by molar-refractivity contribution is 0.461. The molecule has 1 saturated heterocycles. The molecule has 0 saturated carbocycles. The fourth-order valence-corrected chi connectivity index (χ4v) is 2.62. The minimum atomic E-state index is 0. The summed E-state index contributed by atoms with van der Waals surface area (Å²) in [5, 5.41) is 6.81. The molecule has 3 rings (SSSR count). The second-order valence-corrected chi connectivity index (χ2v) is 5.19. The van der Waals surface area contributed by atoms with E-state index in [1.165, 1.54) is 18.4 Å². The number of piperidine rings is 1. The minimum Gasteiger partial charge on any atom is -0.364 e. The first kappa shape index (κ1) is 15.7. The van der Waals surface area contributed by atoms with Gasteiger partial charge in [0.2, 0.25) is 0 Å². The van der Waals surface area contributed by atoms with Crippen LogP contribution in [0.5, 0.6) is 0 Å². The van der Waals surface area contributed by atoms with E-state index in [0.29, 0.717) is 12.5 Å². The third-order valence-corrected chi connectivity index (χ3v) is 3.73. The number of rotatable bonds is 4. The number of anilines is 1. The predicted molar refractivity (Wildman–Crippen MR) is 87.9 cm³/mol. The average Bonchev–Trinajstić information content (AvgIpc) is 2.55. The van der Waals surface area contributed by atoms with Gasteiger partial charge >= 0.3 is 0 Å². The molecule has 1 atom stereocenters. The summed E-state index contributed by atoms with van der Waals surface area (Å²) in [6.45, 7) is 2.93. The van der Waals surface area contributed by atoms with E-state index in [4.69, 9.17) is 0 Å². The van der Waals surface area contributed by atoms with Crippen molar-refractivity contribution in [3.05, 3.63) is 54.0 Å². The van der Waals surface area contributed by atoms with Crippen LogP contribution < -0.4 is 10.6 Å².